The number of ether oxygens (including phenoxy) is 1. The van der Waals surface area contributed by atoms with Gasteiger partial charge in [-0.2, -0.15) is 0 Å². The number of nitrogens with zero attached hydrogens (tertiary/aromatic N) is 2. The summed E-state index contributed by atoms with van der Waals surface area (Å²) < 4.78 is 5.63. The van der Waals surface area contributed by atoms with Gasteiger partial charge in [0.2, 0.25) is 5.91 Å². The van der Waals surface area contributed by atoms with Crippen molar-refractivity contribution in [2.75, 3.05) is 26.2 Å². The van der Waals surface area contributed by atoms with E-state index in [0.29, 0.717) is 19.6 Å². The summed E-state index contributed by atoms with van der Waals surface area (Å²) >= 11 is 0. The second-order valence-electron chi connectivity index (χ2n) is 10.9. The molecule has 0 radical (unpaired) electrons. The Labute approximate surface area is 175 Å². The molecule has 2 fully saturated rings. The first kappa shape index (κ1) is 21.7. The van der Waals surface area contributed by atoms with Gasteiger partial charge in [0.1, 0.15) is 5.60 Å². The zero-order chi connectivity index (χ0) is 21.4. The number of carbonyl (C=O) groups is 2. The van der Waals surface area contributed by atoms with Gasteiger partial charge in [-0.1, -0.05) is 51.1 Å². The molecule has 2 atom stereocenters. The highest BCUT2D eigenvalue weighted by atomic mass is 16.6. The Balaban J connectivity index is 1.93. The summed E-state index contributed by atoms with van der Waals surface area (Å²) in [6.45, 7) is 14.6. The number of amides is 2. The van der Waals surface area contributed by atoms with E-state index in [1.165, 1.54) is 5.56 Å². The van der Waals surface area contributed by atoms with Crippen molar-refractivity contribution in [2.45, 2.75) is 65.9 Å². The van der Waals surface area contributed by atoms with Crippen LogP contribution in [0.3, 0.4) is 0 Å². The van der Waals surface area contributed by atoms with Crippen molar-refractivity contribution in [1.29, 1.82) is 0 Å². The number of hydrogen-bond donors (Lipinski definition) is 0. The molecule has 1 aromatic carbocycles. The molecule has 3 rings (SSSR count). The van der Waals surface area contributed by atoms with Crippen LogP contribution in [0.5, 0.6) is 0 Å². The summed E-state index contributed by atoms with van der Waals surface area (Å²) in [5.74, 6) is 0.276. The van der Waals surface area contributed by atoms with Crippen molar-refractivity contribution in [3.8, 4) is 0 Å². The summed E-state index contributed by atoms with van der Waals surface area (Å²) in [4.78, 5) is 30.3. The van der Waals surface area contributed by atoms with Crippen LogP contribution in [-0.4, -0.2) is 53.6 Å². The van der Waals surface area contributed by atoms with Crippen LogP contribution in [0, 0.1) is 10.8 Å². The van der Waals surface area contributed by atoms with E-state index in [0.717, 1.165) is 19.4 Å². The summed E-state index contributed by atoms with van der Waals surface area (Å²) in [7, 11) is 0. The fourth-order valence-electron chi connectivity index (χ4n) is 4.79. The molecule has 1 spiro atoms. The van der Waals surface area contributed by atoms with Crippen LogP contribution >= 0.6 is 0 Å². The Morgan fingerprint density at radius 3 is 2.38 bits per heavy atom. The van der Waals surface area contributed by atoms with Gasteiger partial charge >= 0.3 is 6.09 Å². The minimum absolute atomic E-state index is 0.0297. The maximum absolute atomic E-state index is 13.7. The van der Waals surface area contributed by atoms with Crippen LogP contribution in [0.2, 0.25) is 0 Å². The molecule has 2 aliphatic rings. The molecule has 2 heterocycles. The Hall–Kier alpha value is -2.04. The third kappa shape index (κ3) is 4.76. The lowest BCUT2D eigenvalue weighted by Gasteiger charge is -2.42. The molecule has 5 nitrogen and oxygen atoms in total. The number of likely N-dealkylation sites (tertiary alicyclic amines) is 2. The van der Waals surface area contributed by atoms with E-state index in [4.69, 9.17) is 4.74 Å². The van der Waals surface area contributed by atoms with Crippen LogP contribution in [-0.2, 0) is 9.53 Å². The van der Waals surface area contributed by atoms with Gasteiger partial charge in [-0.25, -0.2) is 4.79 Å². The van der Waals surface area contributed by atoms with Crippen LogP contribution in [0.1, 0.15) is 65.9 Å². The van der Waals surface area contributed by atoms with Gasteiger partial charge in [0.15, 0.2) is 0 Å². The standard InChI is InChI=1S/C24H36N2O3/c1-22(2,3)16-26-15-19(18-11-8-7-9-12-18)24(20(26)27)13-10-14-25(17-24)21(28)29-23(4,5)6/h7-9,11-12,19H,10,13-17H2,1-6H3/t19-,24-/m0/s1. The molecule has 2 saturated heterocycles. The van der Waals surface area contributed by atoms with E-state index in [1.807, 2.05) is 43.9 Å². The topological polar surface area (TPSA) is 49.9 Å². The maximum Gasteiger partial charge on any atom is 0.410 e. The van der Waals surface area contributed by atoms with E-state index >= 15 is 0 Å². The van der Waals surface area contributed by atoms with Crippen LogP contribution in [0.25, 0.3) is 0 Å². The molecule has 0 N–H and O–H groups in total. The Kier molecular flexibility index (Phi) is 5.72. The van der Waals surface area contributed by atoms with Gasteiger partial charge in [-0.15, -0.1) is 0 Å². The minimum atomic E-state index is -0.568. The SMILES string of the molecule is CC(C)(C)CN1C[C@@H](c2ccccc2)[C@@]2(CCCN(C(=O)OC(C)(C)C)C2)C1=O. The number of piperidine rings is 1. The molecule has 1 aromatic rings. The summed E-state index contributed by atoms with van der Waals surface area (Å²) in [5, 5.41) is 0. The predicted molar refractivity (Wildman–Crippen MR) is 115 cm³/mol. The predicted octanol–water partition coefficient (Wildman–Crippen LogP) is 4.68. The average Bonchev–Trinajstić information content (AvgIpc) is 2.85. The average molecular weight is 401 g/mol. The van der Waals surface area contributed by atoms with Gasteiger partial charge in [-0.3, -0.25) is 4.79 Å². The van der Waals surface area contributed by atoms with Crippen molar-refractivity contribution < 1.29 is 14.3 Å². The fraction of sp³-hybridized carbons (Fsp3) is 0.667. The Bertz CT molecular complexity index is 748. The number of rotatable bonds is 2. The molecule has 0 bridgehead atoms. The number of carbonyl (C=O) groups excluding carboxylic acids is 2. The highest BCUT2D eigenvalue weighted by Crippen LogP contribution is 2.50. The molecule has 5 heteroatoms. The maximum atomic E-state index is 13.7. The third-order valence-electron chi connectivity index (χ3n) is 5.83. The fourth-order valence-corrected chi connectivity index (χ4v) is 4.79. The lowest BCUT2D eigenvalue weighted by atomic mass is 9.69. The number of hydrogen-bond acceptors (Lipinski definition) is 3. The van der Waals surface area contributed by atoms with E-state index < -0.39 is 11.0 Å². The highest BCUT2D eigenvalue weighted by molar-refractivity contribution is 5.88. The molecule has 29 heavy (non-hydrogen) atoms. The molecule has 0 aromatic heterocycles. The molecule has 160 valence electrons. The zero-order valence-electron chi connectivity index (χ0n) is 18.8. The molecule has 2 aliphatic heterocycles. The van der Waals surface area contributed by atoms with Gasteiger partial charge in [-0.05, 0) is 44.6 Å². The summed E-state index contributed by atoms with van der Waals surface area (Å²) in [6, 6.07) is 10.3. The molecular weight excluding hydrogens is 364 g/mol. The second-order valence-corrected chi connectivity index (χ2v) is 10.9. The molecule has 2 amide bonds. The first-order chi connectivity index (χ1) is 13.4. The largest absolute Gasteiger partial charge is 0.444 e. The van der Waals surface area contributed by atoms with Crippen molar-refractivity contribution >= 4 is 12.0 Å². The Morgan fingerprint density at radius 1 is 1.14 bits per heavy atom. The molecule has 0 aliphatic carbocycles. The minimum Gasteiger partial charge on any atom is -0.444 e. The van der Waals surface area contributed by atoms with Crippen molar-refractivity contribution in [2.24, 2.45) is 10.8 Å². The van der Waals surface area contributed by atoms with Crippen LogP contribution in [0.15, 0.2) is 30.3 Å². The molecular formula is C24H36N2O3. The first-order valence-electron chi connectivity index (χ1n) is 10.7. The zero-order valence-corrected chi connectivity index (χ0v) is 18.8. The third-order valence-corrected chi connectivity index (χ3v) is 5.83. The summed E-state index contributed by atoms with van der Waals surface area (Å²) in [5.41, 5.74) is 0.102. The summed E-state index contributed by atoms with van der Waals surface area (Å²) in [6.07, 6.45) is 1.31. The van der Waals surface area contributed by atoms with E-state index in [2.05, 4.69) is 32.9 Å². The quantitative estimate of drug-likeness (QED) is 0.724. The van der Waals surface area contributed by atoms with E-state index in [-0.39, 0.29) is 23.3 Å². The monoisotopic (exact) mass is 400 g/mol. The second kappa shape index (κ2) is 7.66. The van der Waals surface area contributed by atoms with Gasteiger partial charge in [0, 0.05) is 32.1 Å². The highest BCUT2D eigenvalue weighted by Gasteiger charge is 2.57. The lowest BCUT2D eigenvalue weighted by molar-refractivity contribution is -0.140. The molecule has 0 saturated carbocycles. The van der Waals surface area contributed by atoms with Gasteiger partial charge < -0.3 is 14.5 Å². The van der Waals surface area contributed by atoms with E-state index in [1.54, 1.807) is 4.90 Å². The van der Waals surface area contributed by atoms with Crippen molar-refractivity contribution in [3.05, 3.63) is 35.9 Å². The van der Waals surface area contributed by atoms with Crippen LogP contribution in [0.4, 0.5) is 4.79 Å². The molecule has 0 unspecified atom stereocenters. The van der Waals surface area contributed by atoms with Crippen LogP contribution < -0.4 is 0 Å². The lowest BCUT2D eigenvalue weighted by Crippen LogP contribution is -2.52. The number of benzene rings is 1. The smallest absolute Gasteiger partial charge is 0.410 e. The van der Waals surface area contributed by atoms with E-state index in [9.17, 15) is 9.59 Å². The van der Waals surface area contributed by atoms with Crippen molar-refractivity contribution in [1.82, 2.24) is 9.80 Å². The Morgan fingerprint density at radius 2 is 1.79 bits per heavy atom. The first-order valence-corrected chi connectivity index (χ1v) is 10.7. The van der Waals surface area contributed by atoms with Gasteiger partial charge in [0.05, 0.1) is 5.41 Å². The normalized spacial score (nSPS) is 25.6. The van der Waals surface area contributed by atoms with Gasteiger partial charge in [0.25, 0.3) is 0 Å². The van der Waals surface area contributed by atoms with Crippen molar-refractivity contribution in [3.63, 3.8) is 0 Å².